The number of benzene rings is 2. The normalized spacial score (nSPS) is 16.1. The van der Waals surface area contributed by atoms with Gasteiger partial charge in [0.05, 0.1) is 5.56 Å². The third-order valence-corrected chi connectivity index (χ3v) is 6.86. The fourth-order valence-electron chi connectivity index (χ4n) is 4.94. The topological polar surface area (TPSA) is 76.1 Å². The van der Waals surface area contributed by atoms with Crippen molar-refractivity contribution in [1.82, 2.24) is 4.90 Å². The van der Waals surface area contributed by atoms with Gasteiger partial charge in [-0.05, 0) is 72.9 Å². The summed E-state index contributed by atoms with van der Waals surface area (Å²) in [7, 11) is 1.39. The number of methoxy groups -OCH3 is 1. The van der Waals surface area contributed by atoms with E-state index in [0.29, 0.717) is 23.5 Å². The molecule has 0 bridgehead atoms. The van der Waals surface area contributed by atoms with Crippen LogP contribution in [-0.2, 0) is 20.8 Å². The lowest BCUT2D eigenvalue weighted by Gasteiger charge is -2.32. The molecular weight excluding hydrogens is 461 g/mol. The maximum atomic E-state index is 15.5. The Morgan fingerprint density at radius 3 is 2.59 bits per heavy atom. The minimum atomic E-state index is -1.16. The number of ether oxygens (including phenoxy) is 2. The number of halogens is 2. The summed E-state index contributed by atoms with van der Waals surface area (Å²) in [6.07, 6.45) is 2.32. The van der Waals surface area contributed by atoms with Crippen LogP contribution in [0.5, 0.6) is 0 Å². The second-order valence-corrected chi connectivity index (χ2v) is 9.11. The van der Waals surface area contributed by atoms with Gasteiger partial charge in [-0.1, -0.05) is 30.7 Å². The molecule has 1 unspecified atom stereocenters. The van der Waals surface area contributed by atoms with Crippen molar-refractivity contribution in [2.75, 3.05) is 20.3 Å². The van der Waals surface area contributed by atoms with Gasteiger partial charge in [0.2, 0.25) is 6.41 Å². The number of amides is 1. The van der Waals surface area contributed by atoms with E-state index in [1.165, 1.54) is 18.1 Å². The van der Waals surface area contributed by atoms with Crippen LogP contribution in [0.25, 0.3) is 0 Å². The number of carbonyl (C=O) groups excluding carboxylic acids is 1. The Labute approximate surface area is 204 Å². The Balaban J connectivity index is 1.93. The molecule has 1 aliphatic rings. The van der Waals surface area contributed by atoms with E-state index in [4.69, 9.17) is 21.1 Å². The highest BCUT2D eigenvalue weighted by atomic mass is 35.5. The molecule has 8 heteroatoms. The number of aryl methyl sites for hydroxylation is 1. The van der Waals surface area contributed by atoms with Crippen molar-refractivity contribution in [1.29, 1.82) is 0 Å². The molecule has 0 aromatic heterocycles. The van der Waals surface area contributed by atoms with Crippen molar-refractivity contribution < 1.29 is 28.6 Å². The van der Waals surface area contributed by atoms with Gasteiger partial charge in [-0.3, -0.25) is 4.79 Å². The Bertz CT molecular complexity index is 1000. The number of carboxylic acids is 1. The Kier molecular flexibility index (Phi) is 9.05. The summed E-state index contributed by atoms with van der Waals surface area (Å²) in [5, 5.41) is 9.80. The fraction of sp³-hybridized carbons (Fsp3) is 0.462. The number of carbonyl (C=O) groups is 2. The van der Waals surface area contributed by atoms with E-state index in [-0.39, 0.29) is 28.6 Å². The van der Waals surface area contributed by atoms with Gasteiger partial charge in [0.25, 0.3) is 0 Å². The molecular formula is C26H31ClFNO5. The second kappa shape index (κ2) is 11.8. The quantitative estimate of drug-likeness (QED) is 0.340. The van der Waals surface area contributed by atoms with E-state index in [1.54, 1.807) is 25.1 Å². The molecule has 184 valence electrons. The van der Waals surface area contributed by atoms with Crippen LogP contribution in [0.15, 0.2) is 30.3 Å². The van der Waals surface area contributed by atoms with Gasteiger partial charge in [0.15, 0.2) is 6.23 Å². The van der Waals surface area contributed by atoms with Crippen LogP contribution < -0.4 is 0 Å². The van der Waals surface area contributed by atoms with Gasteiger partial charge >= 0.3 is 5.97 Å². The molecule has 1 aliphatic heterocycles. The molecule has 1 amide bonds. The first-order valence-corrected chi connectivity index (χ1v) is 11.8. The number of hydrogen-bond donors (Lipinski definition) is 1. The minimum Gasteiger partial charge on any atom is -0.478 e. The molecule has 34 heavy (non-hydrogen) atoms. The van der Waals surface area contributed by atoms with Gasteiger partial charge in [-0.15, -0.1) is 0 Å². The first kappa shape index (κ1) is 26.1. The molecule has 3 rings (SSSR count). The fourth-order valence-corrected chi connectivity index (χ4v) is 5.12. The summed E-state index contributed by atoms with van der Waals surface area (Å²) in [4.78, 5) is 24.9. The molecule has 0 saturated carbocycles. The van der Waals surface area contributed by atoms with Crippen LogP contribution in [0.4, 0.5) is 4.39 Å². The molecule has 0 aliphatic carbocycles. The highest BCUT2D eigenvalue weighted by Gasteiger charge is 2.29. The maximum absolute atomic E-state index is 15.5. The lowest BCUT2D eigenvalue weighted by Crippen LogP contribution is -2.30. The highest BCUT2D eigenvalue weighted by Crippen LogP contribution is 2.38. The Morgan fingerprint density at radius 2 is 2.03 bits per heavy atom. The lowest BCUT2D eigenvalue weighted by molar-refractivity contribution is -0.132. The van der Waals surface area contributed by atoms with E-state index in [2.05, 4.69) is 6.92 Å². The van der Waals surface area contributed by atoms with Crippen LogP contribution in [-0.4, -0.2) is 42.7 Å². The maximum Gasteiger partial charge on any atom is 0.336 e. The van der Waals surface area contributed by atoms with Crippen molar-refractivity contribution in [2.24, 2.45) is 5.92 Å². The molecule has 2 atom stereocenters. The van der Waals surface area contributed by atoms with Crippen molar-refractivity contribution in [3.05, 3.63) is 69.0 Å². The molecule has 2 aromatic carbocycles. The Hall–Kier alpha value is -2.48. The number of carboxylic acid groups (broad SMARTS) is 1. The SMILES string of the molecule is CCC(c1cc(C)c([C@@H](OC)N(C=O)Cc2ccc(Cl)cc2C(=O)O)c(F)c1)C1CCOCC1. The summed E-state index contributed by atoms with van der Waals surface area (Å²) in [5.74, 6) is -0.953. The summed E-state index contributed by atoms with van der Waals surface area (Å²) >= 11 is 5.94. The number of rotatable bonds is 10. The van der Waals surface area contributed by atoms with E-state index in [9.17, 15) is 14.7 Å². The number of aromatic carboxylic acids is 1. The molecule has 1 saturated heterocycles. The molecule has 1 heterocycles. The van der Waals surface area contributed by atoms with Crippen LogP contribution in [0.3, 0.4) is 0 Å². The summed E-state index contributed by atoms with van der Waals surface area (Å²) in [6, 6.07) is 7.94. The summed E-state index contributed by atoms with van der Waals surface area (Å²) in [6.45, 7) is 5.28. The molecule has 0 radical (unpaired) electrons. The van der Waals surface area contributed by atoms with Gasteiger partial charge in [-0.25, -0.2) is 9.18 Å². The van der Waals surface area contributed by atoms with E-state index < -0.39 is 18.0 Å². The lowest BCUT2D eigenvalue weighted by atomic mass is 9.79. The molecule has 1 fully saturated rings. The van der Waals surface area contributed by atoms with Crippen molar-refractivity contribution in [3.63, 3.8) is 0 Å². The number of nitrogens with zero attached hydrogens (tertiary/aromatic N) is 1. The highest BCUT2D eigenvalue weighted by molar-refractivity contribution is 6.30. The van der Waals surface area contributed by atoms with Crippen LogP contribution in [0.2, 0.25) is 5.02 Å². The smallest absolute Gasteiger partial charge is 0.336 e. The molecule has 0 spiro atoms. The Morgan fingerprint density at radius 1 is 1.32 bits per heavy atom. The summed E-state index contributed by atoms with van der Waals surface area (Å²) < 4.78 is 26.6. The van der Waals surface area contributed by atoms with E-state index in [1.807, 2.05) is 6.07 Å². The zero-order chi connectivity index (χ0) is 24.8. The van der Waals surface area contributed by atoms with E-state index >= 15 is 4.39 Å². The summed E-state index contributed by atoms with van der Waals surface area (Å²) in [5.41, 5.74) is 2.21. The van der Waals surface area contributed by atoms with E-state index in [0.717, 1.165) is 38.0 Å². The van der Waals surface area contributed by atoms with Gasteiger partial charge in [-0.2, -0.15) is 0 Å². The third kappa shape index (κ3) is 5.77. The zero-order valence-corrected chi connectivity index (χ0v) is 20.5. The van der Waals surface area contributed by atoms with Gasteiger partial charge in [0.1, 0.15) is 5.82 Å². The predicted molar refractivity (Wildman–Crippen MR) is 127 cm³/mol. The first-order valence-electron chi connectivity index (χ1n) is 11.4. The molecule has 6 nitrogen and oxygen atoms in total. The number of hydrogen-bond acceptors (Lipinski definition) is 4. The second-order valence-electron chi connectivity index (χ2n) is 8.67. The van der Waals surface area contributed by atoms with Crippen LogP contribution >= 0.6 is 11.6 Å². The van der Waals surface area contributed by atoms with Crippen molar-refractivity contribution >= 4 is 24.0 Å². The molecule has 1 N–H and O–H groups in total. The largest absolute Gasteiger partial charge is 0.478 e. The zero-order valence-electron chi connectivity index (χ0n) is 19.7. The predicted octanol–water partition coefficient (Wildman–Crippen LogP) is 5.71. The van der Waals surface area contributed by atoms with Crippen LogP contribution in [0, 0.1) is 18.7 Å². The minimum absolute atomic E-state index is 0.0241. The average Bonchev–Trinajstić information content (AvgIpc) is 2.82. The first-order chi connectivity index (χ1) is 16.3. The monoisotopic (exact) mass is 491 g/mol. The van der Waals surface area contributed by atoms with Gasteiger partial charge in [0, 0.05) is 37.5 Å². The molecule has 2 aromatic rings. The van der Waals surface area contributed by atoms with Crippen molar-refractivity contribution in [2.45, 2.75) is 51.8 Å². The van der Waals surface area contributed by atoms with Gasteiger partial charge < -0.3 is 19.5 Å². The standard InChI is InChI=1S/C26H31ClFNO5/c1-4-21(17-7-9-34-10-8-17)19-11-16(2)24(23(28)12-19)25(33-3)29(15-30)14-18-5-6-20(27)13-22(18)26(31)32/h5-6,11-13,15,17,21,25H,4,7-10,14H2,1-3H3,(H,31,32)/t21?,25-/m1/s1. The van der Waals surface area contributed by atoms with Crippen LogP contribution in [0.1, 0.15) is 70.9 Å². The third-order valence-electron chi connectivity index (χ3n) is 6.62. The van der Waals surface area contributed by atoms with Crippen molar-refractivity contribution in [3.8, 4) is 0 Å². The average molecular weight is 492 g/mol.